The highest BCUT2D eigenvalue weighted by Gasteiger charge is 2.21. The van der Waals surface area contributed by atoms with Crippen molar-refractivity contribution in [2.75, 3.05) is 32.7 Å². The van der Waals surface area contributed by atoms with Gasteiger partial charge in [-0.1, -0.05) is 26.0 Å². The molecular weight excluding hydrogens is 262 g/mol. The van der Waals surface area contributed by atoms with Gasteiger partial charge in [0.1, 0.15) is 0 Å². The molecule has 0 aliphatic carbocycles. The summed E-state index contributed by atoms with van der Waals surface area (Å²) < 4.78 is 0. The third-order valence-electron chi connectivity index (χ3n) is 4.02. The van der Waals surface area contributed by atoms with E-state index in [0.717, 1.165) is 38.3 Å². The highest BCUT2D eigenvalue weighted by atomic mass is 16.2. The first-order chi connectivity index (χ1) is 10.1. The lowest BCUT2D eigenvalue weighted by Gasteiger charge is -2.34. The van der Waals surface area contributed by atoms with Crippen LogP contribution in [-0.2, 0) is 0 Å². The van der Waals surface area contributed by atoms with Crippen LogP contribution in [-0.4, -0.2) is 48.4 Å². The van der Waals surface area contributed by atoms with Crippen LogP contribution in [0, 0.1) is 11.3 Å². The topological polar surface area (TPSA) is 47.3 Å². The van der Waals surface area contributed by atoms with Gasteiger partial charge in [-0.05, 0) is 23.6 Å². The molecule has 1 aromatic rings. The number of nitrogens with zero attached hydrogens (tertiary/aromatic N) is 3. The van der Waals surface area contributed by atoms with Crippen LogP contribution >= 0.6 is 0 Å². The molecular formula is C17H23N3O. The van der Waals surface area contributed by atoms with E-state index in [1.54, 1.807) is 0 Å². The van der Waals surface area contributed by atoms with Crippen LogP contribution in [0.15, 0.2) is 24.3 Å². The van der Waals surface area contributed by atoms with E-state index in [1.165, 1.54) is 5.56 Å². The van der Waals surface area contributed by atoms with Crippen molar-refractivity contribution in [2.24, 2.45) is 0 Å². The first-order valence-corrected chi connectivity index (χ1v) is 7.60. The number of carbonyl (C=O) groups is 1. The third-order valence-corrected chi connectivity index (χ3v) is 4.02. The van der Waals surface area contributed by atoms with E-state index in [1.807, 2.05) is 29.2 Å². The zero-order valence-corrected chi connectivity index (χ0v) is 12.9. The molecule has 21 heavy (non-hydrogen) atoms. The fourth-order valence-corrected chi connectivity index (χ4v) is 2.58. The number of rotatable bonds is 4. The minimum absolute atomic E-state index is 0.116. The average Bonchev–Trinajstić information content (AvgIpc) is 2.53. The predicted molar refractivity (Wildman–Crippen MR) is 83.1 cm³/mol. The van der Waals surface area contributed by atoms with Gasteiger partial charge in [0, 0.05) is 44.7 Å². The van der Waals surface area contributed by atoms with Crippen molar-refractivity contribution in [2.45, 2.75) is 26.2 Å². The van der Waals surface area contributed by atoms with Crippen molar-refractivity contribution in [3.8, 4) is 6.07 Å². The normalized spacial score (nSPS) is 16.0. The van der Waals surface area contributed by atoms with E-state index < -0.39 is 0 Å². The van der Waals surface area contributed by atoms with Crippen molar-refractivity contribution < 1.29 is 4.79 Å². The van der Waals surface area contributed by atoms with Crippen molar-refractivity contribution in [1.29, 1.82) is 5.26 Å². The van der Waals surface area contributed by atoms with Crippen LogP contribution in [0.4, 0.5) is 0 Å². The molecule has 0 spiro atoms. The molecule has 0 aromatic heterocycles. The van der Waals surface area contributed by atoms with Crippen molar-refractivity contribution in [1.82, 2.24) is 9.80 Å². The summed E-state index contributed by atoms with van der Waals surface area (Å²) in [6.45, 7) is 8.32. The third kappa shape index (κ3) is 4.05. The van der Waals surface area contributed by atoms with Gasteiger partial charge in [0.15, 0.2) is 0 Å². The monoisotopic (exact) mass is 285 g/mol. The van der Waals surface area contributed by atoms with E-state index >= 15 is 0 Å². The quantitative estimate of drug-likeness (QED) is 0.854. The summed E-state index contributed by atoms with van der Waals surface area (Å²) in [5.41, 5.74) is 2.03. The molecule has 4 heteroatoms. The minimum atomic E-state index is 0.116. The fourth-order valence-electron chi connectivity index (χ4n) is 2.58. The molecule has 0 unspecified atom stereocenters. The smallest absolute Gasteiger partial charge is 0.253 e. The Morgan fingerprint density at radius 3 is 2.33 bits per heavy atom. The van der Waals surface area contributed by atoms with E-state index in [0.29, 0.717) is 12.3 Å². The maximum absolute atomic E-state index is 12.5. The zero-order valence-electron chi connectivity index (χ0n) is 12.9. The maximum atomic E-state index is 12.5. The van der Waals surface area contributed by atoms with Crippen molar-refractivity contribution in [3.05, 3.63) is 35.4 Å². The summed E-state index contributed by atoms with van der Waals surface area (Å²) in [5, 5.41) is 8.61. The Hall–Kier alpha value is -1.86. The summed E-state index contributed by atoms with van der Waals surface area (Å²) in [5.74, 6) is 0.600. The molecule has 1 heterocycles. The summed E-state index contributed by atoms with van der Waals surface area (Å²) in [6.07, 6.45) is 0.560. The Morgan fingerprint density at radius 1 is 1.19 bits per heavy atom. The molecule has 1 aromatic carbocycles. The van der Waals surface area contributed by atoms with Crippen LogP contribution in [0.5, 0.6) is 0 Å². The second-order valence-electron chi connectivity index (χ2n) is 5.82. The largest absolute Gasteiger partial charge is 0.336 e. The average molecular weight is 285 g/mol. The molecule has 0 bridgehead atoms. The number of amides is 1. The Labute approximate surface area is 127 Å². The van der Waals surface area contributed by atoms with Gasteiger partial charge in [0.05, 0.1) is 6.07 Å². The maximum Gasteiger partial charge on any atom is 0.253 e. The van der Waals surface area contributed by atoms with Gasteiger partial charge >= 0.3 is 0 Å². The van der Waals surface area contributed by atoms with Crippen LogP contribution in [0.1, 0.15) is 42.1 Å². The predicted octanol–water partition coefficient (Wildman–Crippen LogP) is 2.48. The van der Waals surface area contributed by atoms with E-state index in [9.17, 15) is 4.79 Å². The molecule has 1 aliphatic heterocycles. The Balaban J connectivity index is 1.91. The minimum Gasteiger partial charge on any atom is -0.336 e. The molecule has 0 saturated carbocycles. The number of nitriles is 1. The van der Waals surface area contributed by atoms with E-state index in [2.05, 4.69) is 24.8 Å². The molecule has 0 atom stereocenters. The lowest BCUT2D eigenvalue weighted by molar-refractivity contribution is 0.0639. The number of hydrogen-bond donors (Lipinski definition) is 0. The Morgan fingerprint density at radius 2 is 1.81 bits per heavy atom. The van der Waals surface area contributed by atoms with Crippen LogP contribution in [0.3, 0.4) is 0 Å². The first kappa shape index (κ1) is 15.5. The molecule has 0 N–H and O–H groups in total. The van der Waals surface area contributed by atoms with Gasteiger partial charge in [-0.3, -0.25) is 9.69 Å². The summed E-state index contributed by atoms with van der Waals surface area (Å²) in [6, 6.07) is 10.1. The lowest BCUT2D eigenvalue weighted by atomic mass is 10.0. The Bertz CT molecular complexity index is 508. The second kappa shape index (κ2) is 7.24. The zero-order chi connectivity index (χ0) is 15.2. The van der Waals surface area contributed by atoms with E-state index in [-0.39, 0.29) is 5.91 Å². The first-order valence-electron chi connectivity index (χ1n) is 7.60. The summed E-state index contributed by atoms with van der Waals surface area (Å²) in [4.78, 5) is 16.6. The lowest BCUT2D eigenvalue weighted by Crippen LogP contribution is -2.48. The molecule has 112 valence electrons. The fraction of sp³-hybridized carbons (Fsp3) is 0.529. The summed E-state index contributed by atoms with van der Waals surface area (Å²) in [7, 11) is 0. The van der Waals surface area contributed by atoms with Gasteiger partial charge in [0.2, 0.25) is 0 Å². The van der Waals surface area contributed by atoms with Crippen molar-refractivity contribution in [3.63, 3.8) is 0 Å². The number of hydrogen-bond acceptors (Lipinski definition) is 3. The Kier molecular flexibility index (Phi) is 5.35. The van der Waals surface area contributed by atoms with Gasteiger partial charge < -0.3 is 4.90 Å². The molecule has 0 radical (unpaired) electrons. The van der Waals surface area contributed by atoms with Gasteiger partial charge in [0.25, 0.3) is 5.91 Å². The number of piperazine rings is 1. The standard InChI is InChI=1S/C17H23N3O/c1-14(2)15-4-6-16(7-5-15)17(21)20-12-10-19(11-13-20)9-3-8-18/h4-7,14H,3,9-13H2,1-2H3. The van der Waals surface area contributed by atoms with Crippen LogP contribution in [0.25, 0.3) is 0 Å². The molecule has 4 nitrogen and oxygen atoms in total. The van der Waals surface area contributed by atoms with Gasteiger partial charge in [-0.25, -0.2) is 0 Å². The molecule has 1 saturated heterocycles. The van der Waals surface area contributed by atoms with Crippen molar-refractivity contribution >= 4 is 5.91 Å². The molecule has 1 aliphatic rings. The van der Waals surface area contributed by atoms with Crippen LogP contribution < -0.4 is 0 Å². The second-order valence-corrected chi connectivity index (χ2v) is 5.82. The van der Waals surface area contributed by atoms with Gasteiger partial charge in [-0.2, -0.15) is 5.26 Å². The SMILES string of the molecule is CC(C)c1ccc(C(=O)N2CCN(CCC#N)CC2)cc1. The highest BCUT2D eigenvalue weighted by molar-refractivity contribution is 5.94. The molecule has 1 fully saturated rings. The van der Waals surface area contributed by atoms with E-state index in [4.69, 9.17) is 5.26 Å². The summed E-state index contributed by atoms with van der Waals surface area (Å²) >= 11 is 0. The van der Waals surface area contributed by atoms with Crippen LogP contribution in [0.2, 0.25) is 0 Å². The number of carbonyl (C=O) groups excluding carboxylic acids is 1. The number of benzene rings is 1. The molecule has 2 rings (SSSR count). The van der Waals surface area contributed by atoms with Gasteiger partial charge in [-0.15, -0.1) is 0 Å². The highest BCUT2D eigenvalue weighted by Crippen LogP contribution is 2.16. The molecule has 1 amide bonds.